The molecule has 116 valence electrons. The van der Waals surface area contributed by atoms with Gasteiger partial charge in [0.15, 0.2) is 0 Å². The van der Waals surface area contributed by atoms with E-state index in [4.69, 9.17) is 17.3 Å². The lowest BCUT2D eigenvalue weighted by Crippen LogP contribution is -2.47. The van der Waals surface area contributed by atoms with Crippen molar-refractivity contribution in [3.05, 3.63) is 29.3 Å². The SMILES string of the molecule is C[C@H](N)C(=O)N[C@@H](C)C(=O)Nc1cc(CO)cc(CCl)c1. The van der Waals surface area contributed by atoms with Crippen molar-refractivity contribution in [1.82, 2.24) is 5.32 Å². The highest BCUT2D eigenvalue weighted by Gasteiger charge is 2.17. The van der Waals surface area contributed by atoms with Gasteiger partial charge in [0.1, 0.15) is 6.04 Å². The van der Waals surface area contributed by atoms with E-state index >= 15 is 0 Å². The Hall–Kier alpha value is -1.63. The molecule has 0 saturated carbocycles. The summed E-state index contributed by atoms with van der Waals surface area (Å²) in [5, 5.41) is 14.4. The monoisotopic (exact) mass is 313 g/mol. The number of carbonyl (C=O) groups is 2. The van der Waals surface area contributed by atoms with E-state index < -0.39 is 18.0 Å². The Morgan fingerprint density at radius 3 is 2.38 bits per heavy atom. The van der Waals surface area contributed by atoms with E-state index in [2.05, 4.69) is 10.6 Å². The Morgan fingerprint density at radius 1 is 1.24 bits per heavy atom. The van der Waals surface area contributed by atoms with E-state index in [1.807, 2.05) is 0 Å². The lowest BCUT2D eigenvalue weighted by Gasteiger charge is -2.16. The molecule has 0 bridgehead atoms. The summed E-state index contributed by atoms with van der Waals surface area (Å²) in [5.74, 6) is -0.504. The predicted octanol–water partition coefficient (Wildman–Crippen LogP) is 0.708. The first-order chi connectivity index (χ1) is 9.87. The molecule has 0 fully saturated rings. The Kier molecular flexibility index (Phi) is 6.61. The van der Waals surface area contributed by atoms with Gasteiger partial charge in [-0.3, -0.25) is 9.59 Å². The topological polar surface area (TPSA) is 104 Å². The van der Waals surface area contributed by atoms with E-state index in [1.54, 1.807) is 25.1 Å². The number of halogens is 1. The number of aliphatic hydroxyl groups excluding tert-OH is 1. The molecular weight excluding hydrogens is 294 g/mol. The Labute approximate surface area is 128 Å². The van der Waals surface area contributed by atoms with Crippen molar-refractivity contribution in [3.63, 3.8) is 0 Å². The number of benzene rings is 1. The molecule has 0 aliphatic rings. The summed E-state index contributed by atoms with van der Waals surface area (Å²) in [5.41, 5.74) is 7.38. The molecule has 0 unspecified atom stereocenters. The second-order valence-corrected chi connectivity index (χ2v) is 5.11. The van der Waals surface area contributed by atoms with E-state index in [1.165, 1.54) is 6.92 Å². The number of rotatable bonds is 6. The molecule has 0 aliphatic carbocycles. The molecule has 0 heterocycles. The summed E-state index contributed by atoms with van der Waals surface area (Å²) < 4.78 is 0. The summed E-state index contributed by atoms with van der Waals surface area (Å²) in [6, 6.07) is 3.71. The van der Waals surface area contributed by atoms with Crippen LogP contribution in [0.2, 0.25) is 0 Å². The van der Waals surface area contributed by atoms with Gasteiger partial charge in [-0.2, -0.15) is 0 Å². The van der Waals surface area contributed by atoms with Crippen molar-refractivity contribution in [1.29, 1.82) is 0 Å². The molecule has 7 heteroatoms. The molecule has 1 rings (SSSR count). The number of carbonyl (C=O) groups excluding carboxylic acids is 2. The fourth-order valence-corrected chi connectivity index (χ4v) is 1.82. The first kappa shape index (κ1) is 17.4. The van der Waals surface area contributed by atoms with Crippen LogP contribution in [0.4, 0.5) is 5.69 Å². The zero-order valence-electron chi connectivity index (χ0n) is 12.0. The normalized spacial score (nSPS) is 13.4. The highest BCUT2D eigenvalue weighted by atomic mass is 35.5. The fourth-order valence-electron chi connectivity index (χ4n) is 1.66. The molecule has 0 radical (unpaired) electrons. The minimum atomic E-state index is -0.722. The maximum atomic E-state index is 12.0. The standard InChI is InChI=1S/C14H20ClN3O3/c1-8(16)13(20)17-9(2)14(21)18-12-4-10(6-15)3-11(5-12)7-19/h3-5,8-9,19H,6-7,16H2,1-2H3,(H,17,20)(H,18,21)/t8-,9-/m0/s1. The third-order valence-electron chi connectivity index (χ3n) is 2.82. The molecule has 21 heavy (non-hydrogen) atoms. The summed E-state index contributed by atoms with van der Waals surface area (Å²) in [7, 11) is 0. The Balaban J connectivity index is 2.76. The zero-order chi connectivity index (χ0) is 16.0. The lowest BCUT2D eigenvalue weighted by atomic mass is 10.1. The number of amides is 2. The lowest BCUT2D eigenvalue weighted by molar-refractivity contribution is -0.126. The average Bonchev–Trinajstić information content (AvgIpc) is 2.46. The average molecular weight is 314 g/mol. The van der Waals surface area contributed by atoms with Crippen molar-refractivity contribution in [2.24, 2.45) is 5.73 Å². The molecule has 2 atom stereocenters. The van der Waals surface area contributed by atoms with Crippen LogP contribution >= 0.6 is 11.6 Å². The summed E-state index contributed by atoms with van der Waals surface area (Å²) >= 11 is 5.77. The second kappa shape index (κ2) is 7.97. The number of hydrogen-bond acceptors (Lipinski definition) is 4. The highest BCUT2D eigenvalue weighted by molar-refractivity contribution is 6.17. The van der Waals surface area contributed by atoms with Crippen molar-refractivity contribution in [2.45, 2.75) is 38.4 Å². The predicted molar refractivity (Wildman–Crippen MR) is 81.8 cm³/mol. The fraction of sp³-hybridized carbons (Fsp3) is 0.429. The Bertz CT molecular complexity index is 498. The molecule has 1 aromatic carbocycles. The first-order valence-corrected chi connectivity index (χ1v) is 7.07. The second-order valence-electron chi connectivity index (χ2n) is 4.84. The molecule has 0 aromatic heterocycles. The van der Waals surface area contributed by atoms with Gasteiger partial charge in [-0.05, 0) is 37.1 Å². The number of anilines is 1. The van der Waals surface area contributed by atoms with Crippen molar-refractivity contribution < 1.29 is 14.7 Å². The van der Waals surface area contributed by atoms with Gasteiger partial charge in [0.25, 0.3) is 0 Å². The van der Waals surface area contributed by atoms with Crippen molar-refractivity contribution >= 4 is 29.1 Å². The molecule has 0 saturated heterocycles. The minimum absolute atomic E-state index is 0.148. The molecule has 0 aliphatic heterocycles. The zero-order valence-corrected chi connectivity index (χ0v) is 12.8. The van der Waals surface area contributed by atoms with Crippen LogP contribution in [0.25, 0.3) is 0 Å². The molecule has 6 nitrogen and oxygen atoms in total. The van der Waals surface area contributed by atoms with Gasteiger partial charge in [-0.15, -0.1) is 11.6 Å². The summed E-state index contributed by atoms with van der Waals surface area (Å²) in [6.07, 6.45) is 0. The molecule has 5 N–H and O–H groups in total. The third-order valence-corrected chi connectivity index (χ3v) is 3.13. The molecular formula is C14H20ClN3O3. The third kappa shape index (κ3) is 5.34. The maximum absolute atomic E-state index is 12.0. The number of nitrogens with two attached hydrogens (primary N) is 1. The van der Waals surface area contributed by atoms with Crippen LogP contribution in [0.3, 0.4) is 0 Å². The largest absolute Gasteiger partial charge is 0.392 e. The first-order valence-electron chi connectivity index (χ1n) is 6.53. The number of aliphatic hydroxyl groups is 1. The van der Waals surface area contributed by atoms with Crippen LogP contribution in [-0.2, 0) is 22.1 Å². The number of hydrogen-bond donors (Lipinski definition) is 4. The number of nitrogens with one attached hydrogen (secondary N) is 2. The van der Waals surface area contributed by atoms with Gasteiger partial charge in [0.05, 0.1) is 12.6 Å². The van der Waals surface area contributed by atoms with E-state index in [0.29, 0.717) is 11.3 Å². The van der Waals surface area contributed by atoms with Gasteiger partial charge in [-0.25, -0.2) is 0 Å². The smallest absolute Gasteiger partial charge is 0.246 e. The van der Waals surface area contributed by atoms with Crippen molar-refractivity contribution in [3.8, 4) is 0 Å². The van der Waals surface area contributed by atoms with E-state index in [-0.39, 0.29) is 18.4 Å². The van der Waals surface area contributed by atoms with Gasteiger partial charge < -0.3 is 21.5 Å². The van der Waals surface area contributed by atoms with Gasteiger partial charge in [0.2, 0.25) is 11.8 Å². The van der Waals surface area contributed by atoms with Crippen LogP contribution in [0.15, 0.2) is 18.2 Å². The maximum Gasteiger partial charge on any atom is 0.246 e. The van der Waals surface area contributed by atoms with E-state index in [0.717, 1.165) is 5.56 Å². The molecule has 2 amide bonds. The van der Waals surface area contributed by atoms with Gasteiger partial charge in [0, 0.05) is 11.6 Å². The van der Waals surface area contributed by atoms with Crippen molar-refractivity contribution in [2.75, 3.05) is 5.32 Å². The van der Waals surface area contributed by atoms with Gasteiger partial charge >= 0.3 is 0 Å². The van der Waals surface area contributed by atoms with Gasteiger partial charge in [-0.1, -0.05) is 6.07 Å². The van der Waals surface area contributed by atoms with Crippen LogP contribution in [0, 0.1) is 0 Å². The highest BCUT2D eigenvalue weighted by Crippen LogP contribution is 2.17. The van der Waals surface area contributed by atoms with E-state index in [9.17, 15) is 14.7 Å². The van der Waals surface area contributed by atoms with Crippen LogP contribution < -0.4 is 16.4 Å². The quantitative estimate of drug-likeness (QED) is 0.580. The molecule has 1 aromatic rings. The minimum Gasteiger partial charge on any atom is -0.392 e. The number of alkyl halides is 1. The van der Waals surface area contributed by atoms with Crippen LogP contribution in [0.1, 0.15) is 25.0 Å². The van der Waals surface area contributed by atoms with Crippen LogP contribution in [-0.4, -0.2) is 29.0 Å². The summed E-state index contributed by atoms with van der Waals surface area (Å²) in [6.45, 7) is 2.95. The van der Waals surface area contributed by atoms with Crippen LogP contribution in [0.5, 0.6) is 0 Å². The Morgan fingerprint density at radius 2 is 1.86 bits per heavy atom. The molecule has 0 spiro atoms. The summed E-state index contributed by atoms with van der Waals surface area (Å²) in [4.78, 5) is 23.5.